The lowest BCUT2D eigenvalue weighted by Crippen LogP contribution is -2.56. The van der Waals surface area contributed by atoms with Gasteiger partial charge in [0.2, 0.25) is 0 Å². The maximum atomic E-state index is 14.4. The maximum absolute atomic E-state index is 14.4. The number of hydrogen-bond donors (Lipinski definition) is 2. The largest absolute Gasteiger partial charge is 0.381 e. The number of nitriles is 1. The van der Waals surface area contributed by atoms with Gasteiger partial charge in [0.1, 0.15) is 17.9 Å². The van der Waals surface area contributed by atoms with Crippen LogP contribution < -0.4 is 10.2 Å². The van der Waals surface area contributed by atoms with E-state index in [9.17, 15) is 19.6 Å². The minimum Gasteiger partial charge on any atom is -0.381 e. The van der Waals surface area contributed by atoms with E-state index in [0.717, 1.165) is 48.6 Å². The van der Waals surface area contributed by atoms with Crippen LogP contribution in [0.1, 0.15) is 83.8 Å². The van der Waals surface area contributed by atoms with E-state index in [2.05, 4.69) is 21.6 Å². The van der Waals surface area contributed by atoms with Crippen molar-refractivity contribution >= 4 is 34.4 Å². The van der Waals surface area contributed by atoms with Crippen LogP contribution in [-0.4, -0.2) is 80.5 Å². The number of anilines is 1. The standard InChI is InChI=1S/C31H34N8O4/c1-2-37-29-25(24(16-3-4-16)26(30(37)41)34-28(40)17-5-6-22-19(11-17)15-33-35-22)27(36-39(29)20-7-9-43-10-8-20)31(42)38-21(14-32)12-18-13-23(18)38/h5-6,11,15-16,18,20-21,23-24,26H,2-4,7-10,12-13H2,1H3,(H,33,35)(H,34,40). The zero-order valence-corrected chi connectivity index (χ0v) is 24.0. The third-order valence-electron chi connectivity index (χ3n) is 10.1. The van der Waals surface area contributed by atoms with Gasteiger partial charge in [-0.25, -0.2) is 4.68 Å². The number of amides is 3. The number of nitrogens with zero attached hydrogens (tertiary/aromatic N) is 6. The molecular formula is C31H34N8O4. The number of piperidine rings is 1. The first kappa shape index (κ1) is 26.4. The van der Waals surface area contributed by atoms with Gasteiger partial charge in [0.05, 0.1) is 23.8 Å². The van der Waals surface area contributed by atoms with Crippen LogP contribution in [0.3, 0.4) is 0 Å². The van der Waals surface area contributed by atoms with Crippen LogP contribution in [0.2, 0.25) is 0 Å². The Labute approximate surface area is 248 Å². The summed E-state index contributed by atoms with van der Waals surface area (Å²) in [5, 5.41) is 25.7. The molecule has 1 aromatic carbocycles. The monoisotopic (exact) mass is 582 g/mol. The summed E-state index contributed by atoms with van der Waals surface area (Å²) in [4.78, 5) is 45.8. The SMILES string of the molecule is CCN1C(=O)C(NC(=O)c2ccc3[nH]ncc3c2)C(C2CC2)c2c(C(=O)N3C(C#N)CC4CC43)nn(C3CCOCC3)c21. The van der Waals surface area contributed by atoms with Gasteiger partial charge in [-0.2, -0.15) is 15.5 Å². The number of nitrogens with one attached hydrogen (secondary N) is 2. The lowest BCUT2D eigenvalue weighted by molar-refractivity contribution is -0.121. The highest BCUT2D eigenvalue weighted by atomic mass is 16.5. The van der Waals surface area contributed by atoms with Crippen LogP contribution in [0.5, 0.6) is 0 Å². The second-order valence-electron chi connectivity index (χ2n) is 12.6. The van der Waals surface area contributed by atoms with Crippen molar-refractivity contribution in [1.82, 2.24) is 30.2 Å². The van der Waals surface area contributed by atoms with Crippen molar-refractivity contribution in [2.75, 3.05) is 24.7 Å². The van der Waals surface area contributed by atoms with Gasteiger partial charge in [0, 0.05) is 48.2 Å². The normalized spacial score (nSPS) is 28.5. The molecule has 43 heavy (non-hydrogen) atoms. The molecule has 3 aromatic rings. The van der Waals surface area contributed by atoms with E-state index in [-0.39, 0.29) is 35.7 Å². The molecule has 12 heteroatoms. The van der Waals surface area contributed by atoms with Crippen molar-refractivity contribution in [3.8, 4) is 6.07 Å². The van der Waals surface area contributed by atoms with E-state index in [1.165, 1.54) is 0 Å². The second-order valence-corrected chi connectivity index (χ2v) is 12.6. The number of likely N-dealkylation sites (N-methyl/N-ethyl adjacent to an activating group) is 1. The number of carbonyl (C=O) groups excluding carboxylic acids is 3. The van der Waals surface area contributed by atoms with Gasteiger partial charge in [-0.1, -0.05) is 0 Å². The molecule has 2 aliphatic carbocycles. The number of aromatic amines is 1. The zero-order valence-electron chi connectivity index (χ0n) is 24.0. The molecular weight excluding hydrogens is 548 g/mol. The van der Waals surface area contributed by atoms with Crippen molar-refractivity contribution in [2.45, 2.75) is 75.5 Å². The van der Waals surface area contributed by atoms with Crippen molar-refractivity contribution in [3.05, 3.63) is 41.2 Å². The van der Waals surface area contributed by atoms with Crippen molar-refractivity contribution in [3.63, 3.8) is 0 Å². The average molecular weight is 583 g/mol. The number of benzene rings is 1. The van der Waals surface area contributed by atoms with Crippen LogP contribution in [0, 0.1) is 23.2 Å². The van der Waals surface area contributed by atoms with Crippen LogP contribution in [0.15, 0.2) is 24.4 Å². The molecule has 2 saturated heterocycles. The van der Waals surface area contributed by atoms with Crippen molar-refractivity contribution in [1.29, 1.82) is 5.26 Å². The Balaban J connectivity index is 1.24. The topological polar surface area (TPSA) is 149 Å². The third kappa shape index (κ3) is 4.16. The fourth-order valence-electron chi connectivity index (χ4n) is 7.66. The average Bonchev–Trinajstić information content (AvgIpc) is 3.88. The number of carbonyl (C=O) groups is 3. The fourth-order valence-corrected chi connectivity index (χ4v) is 7.66. The van der Waals surface area contributed by atoms with Crippen molar-refractivity contribution in [2.24, 2.45) is 11.8 Å². The van der Waals surface area contributed by atoms with Crippen LogP contribution in [-0.2, 0) is 9.53 Å². The van der Waals surface area contributed by atoms with Gasteiger partial charge in [-0.05, 0) is 75.5 Å². The van der Waals surface area contributed by atoms with E-state index in [1.807, 2.05) is 11.6 Å². The van der Waals surface area contributed by atoms with Gasteiger partial charge >= 0.3 is 0 Å². The van der Waals surface area contributed by atoms with Crippen LogP contribution in [0.25, 0.3) is 10.9 Å². The summed E-state index contributed by atoms with van der Waals surface area (Å²) in [7, 11) is 0. The zero-order chi connectivity index (χ0) is 29.4. The first-order valence-electron chi connectivity index (χ1n) is 15.5. The summed E-state index contributed by atoms with van der Waals surface area (Å²) < 4.78 is 7.53. The summed E-state index contributed by atoms with van der Waals surface area (Å²) in [6.07, 6.45) is 6.54. The number of fused-ring (bicyclic) bond motifs is 3. The Morgan fingerprint density at radius 1 is 1.16 bits per heavy atom. The number of rotatable bonds is 6. The molecule has 0 bridgehead atoms. The molecule has 4 fully saturated rings. The van der Waals surface area contributed by atoms with E-state index in [0.29, 0.717) is 49.2 Å². The number of likely N-dealkylation sites (tertiary alicyclic amines) is 1. The summed E-state index contributed by atoms with van der Waals surface area (Å²) in [5.41, 5.74) is 2.34. The molecule has 3 aliphatic heterocycles. The Morgan fingerprint density at radius 3 is 2.72 bits per heavy atom. The second kappa shape index (κ2) is 9.91. The Hall–Kier alpha value is -4.24. The van der Waals surface area contributed by atoms with Gasteiger partial charge < -0.3 is 15.0 Å². The maximum Gasteiger partial charge on any atom is 0.276 e. The highest BCUT2D eigenvalue weighted by molar-refractivity contribution is 6.07. The minimum absolute atomic E-state index is 0.0161. The Morgan fingerprint density at radius 2 is 1.98 bits per heavy atom. The molecule has 12 nitrogen and oxygen atoms in total. The molecule has 2 N–H and O–H groups in total. The number of ether oxygens (including phenoxy) is 1. The number of H-pyrrole nitrogens is 1. The molecule has 2 saturated carbocycles. The molecule has 5 heterocycles. The molecule has 5 atom stereocenters. The first-order valence-corrected chi connectivity index (χ1v) is 15.5. The molecule has 5 unspecified atom stereocenters. The van der Waals surface area contributed by atoms with E-state index in [4.69, 9.17) is 9.84 Å². The lowest BCUT2D eigenvalue weighted by Gasteiger charge is -2.39. The Bertz CT molecular complexity index is 1680. The summed E-state index contributed by atoms with van der Waals surface area (Å²) in [6, 6.07) is 6.36. The van der Waals surface area contributed by atoms with Gasteiger partial charge in [-0.3, -0.25) is 24.4 Å². The minimum atomic E-state index is -0.842. The molecule has 8 rings (SSSR count). The highest BCUT2D eigenvalue weighted by Crippen LogP contribution is 2.53. The van der Waals surface area contributed by atoms with E-state index >= 15 is 0 Å². The van der Waals surface area contributed by atoms with Crippen molar-refractivity contribution < 1.29 is 19.1 Å². The molecule has 0 radical (unpaired) electrons. The molecule has 222 valence electrons. The highest BCUT2D eigenvalue weighted by Gasteiger charge is 2.57. The molecule has 5 aliphatic rings. The Kier molecular flexibility index (Phi) is 6.08. The molecule has 3 amide bonds. The number of hydrogen-bond acceptors (Lipinski definition) is 7. The molecule has 2 aromatic heterocycles. The summed E-state index contributed by atoms with van der Waals surface area (Å²) in [6.45, 7) is 3.45. The number of aromatic nitrogens is 4. The van der Waals surface area contributed by atoms with Crippen LogP contribution in [0.4, 0.5) is 5.82 Å². The first-order chi connectivity index (χ1) is 21.0. The predicted molar refractivity (Wildman–Crippen MR) is 154 cm³/mol. The van der Waals surface area contributed by atoms with Gasteiger partial charge in [0.15, 0.2) is 5.69 Å². The quantitative estimate of drug-likeness (QED) is 0.454. The fraction of sp³-hybridized carbons (Fsp3) is 0.548. The predicted octanol–water partition coefficient (Wildman–Crippen LogP) is 2.90. The smallest absolute Gasteiger partial charge is 0.276 e. The lowest BCUT2D eigenvalue weighted by atomic mass is 9.82. The van der Waals surface area contributed by atoms with Crippen LogP contribution >= 0.6 is 0 Å². The van der Waals surface area contributed by atoms with E-state index in [1.54, 1.807) is 34.2 Å². The summed E-state index contributed by atoms with van der Waals surface area (Å²) >= 11 is 0. The molecule has 0 spiro atoms. The van der Waals surface area contributed by atoms with Gasteiger partial charge in [0.25, 0.3) is 17.7 Å². The van der Waals surface area contributed by atoms with Gasteiger partial charge in [-0.15, -0.1) is 0 Å². The van der Waals surface area contributed by atoms with E-state index < -0.39 is 18.0 Å². The third-order valence-corrected chi connectivity index (χ3v) is 10.1. The summed E-state index contributed by atoms with van der Waals surface area (Å²) in [5.74, 6) is 0.0277.